The van der Waals surface area contributed by atoms with Crippen LogP contribution in [0, 0.1) is 0 Å². The molecule has 1 N–H and O–H groups in total. The first-order valence-corrected chi connectivity index (χ1v) is 9.17. The van der Waals surface area contributed by atoms with Crippen LogP contribution < -0.4 is 10.9 Å². The topological polar surface area (TPSA) is 108 Å². The van der Waals surface area contributed by atoms with Crippen LogP contribution in [0.5, 0.6) is 0 Å². The summed E-state index contributed by atoms with van der Waals surface area (Å²) >= 11 is 1.42. The van der Waals surface area contributed by atoms with Crippen LogP contribution in [0.1, 0.15) is 23.8 Å². The van der Waals surface area contributed by atoms with E-state index in [1.165, 1.54) is 28.6 Å². The average Bonchev–Trinajstić information content (AvgIpc) is 3.12. The molecule has 3 rings (SSSR count). The molecule has 0 aliphatic rings. The van der Waals surface area contributed by atoms with Crippen molar-refractivity contribution in [2.75, 3.05) is 11.6 Å². The maximum absolute atomic E-state index is 12.5. The van der Waals surface area contributed by atoms with Crippen LogP contribution in [0.25, 0.3) is 5.69 Å². The molecule has 1 amide bonds. The van der Waals surface area contributed by atoms with Gasteiger partial charge in [0.1, 0.15) is 5.69 Å². The molecule has 0 atom stereocenters. The highest BCUT2D eigenvalue weighted by Gasteiger charge is 2.12. The number of thioether (sulfide) groups is 1. The Hall–Kier alpha value is -3.01. The molecule has 2 aromatic heterocycles. The summed E-state index contributed by atoms with van der Waals surface area (Å²) in [6, 6.07) is 9.91. The SMILES string of the molecule is CCCn1nc(C(=O)Nc2cccc(-n3nnnc3SC)c2)ccc1=O. The van der Waals surface area contributed by atoms with Crippen LogP contribution in [-0.4, -0.2) is 42.2 Å². The number of benzene rings is 1. The van der Waals surface area contributed by atoms with Crippen molar-refractivity contribution in [2.45, 2.75) is 25.0 Å². The predicted octanol–water partition coefficient (Wildman–Crippen LogP) is 1.60. The largest absolute Gasteiger partial charge is 0.321 e. The quantitative estimate of drug-likeness (QED) is 0.656. The highest BCUT2D eigenvalue weighted by molar-refractivity contribution is 7.98. The first-order valence-electron chi connectivity index (χ1n) is 7.94. The number of nitrogens with one attached hydrogen (secondary N) is 1. The van der Waals surface area contributed by atoms with Gasteiger partial charge in [-0.05, 0) is 47.4 Å². The molecule has 0 saturated carbocycles. The van der Waals surface area contributed by atoms with E-state index in [0.29, 0.717) is 17.4 Å². The van der Waals surface area contributed by atoms with Gasteiger partial charge in [0.25, 0.3) is 11.5 Å². The summed E-state index contributed by atoms with van der Waals surface area (Å²) in [5.41, 5.74) is 1.25. The van der Waals surface area contributed by atoms with Crippen molar-refractivity contribution in [1.29, 1.82) is 0 Å². The molecule has 0 spiro atoms. The molecule has 0 aliphatic carbocycles. The Morgan fingerprint density at radius 3 is 2.88 bits per heavy atom. The maximum atomic E-state index is 12.5. The molecule has 26 heavy (non-hydrogen) atoms. The van der Waals surface area contributed by atoms with Crippen LogP contribution in [0.15, 0.2) is 46.3 Å². The molecular formula is C16H17N7O2S. The lowest BCUT2D eigenvalue weighted by Crippen LogP contribution is -2.26. The second-order valence-corrected chi connectivity index (χ2v) is 6.14. The van der Waals surface area contributed by atoms with Crippen molar-refractivity contribution in [3.63, 3.8) is 0 Å². The molecule has 0 saturated heterocycles. The number of anilines is 1. The molecule has 0 fully saturated rings. The van der Waals surface area contributed by atoms with Crippen LogP contribution >= 0.6 is 11.8 Å². The minimum absolute atomic E-state index is 0.177. The van der Waals surface area contributed by atoms with Gasteiger partial charge in [-0.3, -0.25) is 9.59 Å². The van der Waals surface area contributed by atoms with E-state index in [1.807, 2.05) is 19.2 Å². The van der Waals surface area contributed by atoms with Crippen molar-refractivity contribution < 1.29 is 4.79 Å². The minimum atomic E-state index is -0.395. The Morgan fingerprint density at radius 1 is 1.27 bits per heavy atom. The van der Waals surface area contributed by atoms with Gasteiger partial charge < -0.3 is 5.32 Å². The lowest BCUT2D eigenvalue weighted by atomic mass is 10.2. The molecule has 0 aliphatic heterocycles. The average molecular weight is 371 g/mol. The summed E-state index contributed by atoms with van der Waals surface area (Å²) in [5.74, 6) is -0.395. The highest BCUT2D eigenvalue weighted by Crippen LogP contribution is 2.19. The van der Waals surface area contributed by atoms with Crippen LogP contribution in [0.4, 0.5) is 5.69 Å². The molecule has 3 aromatic rings. The molecule has 0 unspecified atom stereocenters. The highest BCUT2D eigenvalue weighted by atomic mass is 32.2. The van der Waals surface area contributed by atoms with Crippen molar-refractivity contribution in [1.82, 2.24) is 30.0 Å². The van der Waals surface area contributed by atoms with E-state index in [2.05, 4.69) is 25.9 Å². The number of carbonyl (C=O) groups excluding carboxylic acids is 1. The van der Waals surface area contributed by atoms with Gasteiger partial charge in [-0.1, -0.05) is 24.8 Å². The van der Waals surface area contributed by atoms with E-state index in [4.69, 9.17) is 0 Å². The number of aromatic nitrogens is 6. The minimum Gasteiger partial charge on any atom is -0.321 e. The number of rotatable bonds is 6. The zero-order valence-electron chi connectivity index (χ0n) is 14.3. The summed E-state index contributed by atoms with van der Waals surface area (Å²) in [6.45, 7) is 2.40. The van der Waals surface area contributed by atoms with E-state index in [9.17, 15) is 9.59 Å². The molecule has 0 bridgehead atoms. The number of amides is 1. The fourth-order valence-corrected chi connectivity index (χ4v) is 2.75. The zero-order valence-corrected chi connectivity index (χ0v) is 15.1. The molecule has 9 nitrogen and oxygen atoms in total. The summed E-state index contributed by atoms with van der Waals surface area (Å²) in [7, 11) is 0. The fraction of sp³-hybridized carbons (Fsp3) is 0.250. The summed E-state index contributed by atoms with van der Waals surface area (Å²) < 4.78 is 2.87. The van der Waals surface area contributed by atoms with Gasteiger partial charge in [0.15, 0.2) is 0 Å². The van der Waals surface area contributed by atoms with Crippen molar-refractivity contribution >= 4 is 23.4 Å². The standard InChI is InChI=1S/C16H17N7O2S/c1-3-9-22-14(24)8-7-13(19-22)15(25)17-11-5-4-6-12(10-11)23-16(26-2)18-20-21-23/h4-8,10H,3,9H2,1-2H3,(H,17,25). The lowest BCUT2D eigenvalue weighted by molar-refractivity contribution is 0.102. The molecular weight excluding hydrogens is 354 g/mol. The van der Waals surface area contributed by atoms with Crippen LogP contribution in [0.2, 0.25) is 0 Å². The third kappa shape index (κ3) is 3.80. The van der Waals surface area contributed by atoms with Gasteiger partial charge in [-0.25, -0.2) is 4.68 Å². The molecule has 1 aromatic carbocycles. The molecule has 2 heterocycles. The smallest absolute Gasteiger partial charge is 0.276 e. The van der Waals surface area contributed by atoms with E-state index >= 15 is 0 Å². The first kappa shape index (κ1) is 17.8. The molecule has 0 radical (unpaired) electrons. The second kappa shape index (κ2) is 7.91. The Bertz CT molecular complexity index is 982. The summed E-state index contributed by atoms with van der Waals surface area (Å²) in [5, 5.41) is 19.1. The number of aryl methyl sites for hydroxylation is 1. The third-order valence-corrected chi connectivity index (χ3v) is 4.13. The van der Waals surface area contributed by atoms with E-state index in [0.717, 1.165) is 12.1 Å². The van der Waals surface area contributed by atoms with Crippen molar-refractivity contribution in [3.8, 4) is 5.69 Å². The Labute approximate surface area is 153 Å². The Balaban J connectivity index is 1.83. The van der Waals surface area contributed by atoms with Crippen molar-refractivity contribution in [3.05, 3.63) is 52.4 Å². The van der Waals surface area contributed by atoms with E-state index in [1.54, 1.807) is 22.9 Å². The predicted molar refractivity (Wildman–Crippen MR) is 97.7 cm³/mol. The first-order chi connectivity index (χ1) is 12.6. The normalized spacial score (nSPS) is 10.7. The number of tetrazole rings is 1. The van der Waals surface area contributed by atoms with Crippen molar-refractivity contribution in [2.24, 2.45) is 0 Å². The van der Waals surface area contributed by atoms with E-state index in [-0.39, 0.29) is 11.3 Å². The fourth-order valence-electron chi connectivity index (χ4n) is 2.32. The van der Waals surface area contributed by atoms with Gasteiger partial charge in [-0.2, -0.15) is 9.78 Å². The number of nitrogens with zero attached hydrogens (tertiary/aromatic N) is 6. The van der Waals surface area contributed by atoms with Gasteiger partial charge in [0.05, 0.1) is 5.69 Å². The van der Waals surface area contributed by atoms with Crippen LogP contribution in [0.3, 0.4) is 0 Å². The molecule has 10 heteroatoms. The number of carbonyl (C=O) groups is 1. The van der Waals surface area contributed by atoms with Gasteiger partial charge in [0.2, 0.25) is 5.16 Å². The van der Waals surface area contributed by atoms with Crippen LogP contribution in [-0.2, 0) is 6.54 Å². The Kier molecular flexibility index (Phi) is 5.42. The zero-order chi connectivity index (χ0) is 18.5. The number of hydrogen-bond donors (Lipinski definition) is 1. The van der Waals surface area contributed by atoms with E-state index < -0.39 is 5.91 Å². The lowest BCUT2D eigenvalue weighted by Gasteiger charge is -2.09. The maximum Gasteiger partial charge on any atom is 0.276 e. The third-order valence-electron chi connectivity index (χ3n) is 3.51. The van der Waals surface area contributed by atoms with Gasteiger partial charge in [0, 0.05) is 18.3 Å². The monoisotopic (exact) mass is 371 g/mol. The molecule has 134 valence electrons. The summed E-state index contributed by atoms with van der Waals surface area (Å²) in [4.78, 5) is 24.2. The van der Waals surface area contributed by atoms with Gasteiger partial charge in [-0.15, -0.1) is 5.10 Å². The second-order valence-electron chi connectivity index (χ2n) is 5.36. The Morgan fingerprint density at radius 2 is 2.12 bits per heavy atom. The number of hydrogen-bond acceptors (Lipinski definition) is 7. The van der Waals surface area contributed by atoms with Gasteiger partial charge >= 0.3 is 0 Å². The summed E-state index contributed by atoms with van der Waals surface area (Å²) in [6.07, 6.45) is 2.63.